The molecule has 0 aliphatic heterocycles. The van der Waals surface area contributed by atoms with Crippen LogP contribution in [0.4, 0.5) is 5.69 Å². The third kappa shape index (κ3) is 3.24. The van der Waals surface area contributed by atoms with E-state index >= 15 is 0 Å². The highest BCUT2D eigenvalue weighted by Crippen LogP contribution is 2.38. The van der Waals surface area contributed by atoms with E-state index < -0.39 is 11.0 Å². The molecule has 1 aromatic heterocycles. The number of nitrogens with zero attached hydrogens (tertiary/aromatic N) is 1. The lowest BCUT2D eigenvalue weighted by Crippen LogP contribution is -2.11. The zero-order valence-electron chi connectivity index (χ0n) is 9.45. The lowest BCUT2D eigenvalue weighted by molar-refractivity contribution is -0.386. The van der Waals surface area contributed by atoms with E-state index in [1.165, 1.54) is 17.4 Å². The van der Waals surface area contributed by atoms with Crippen LogP contribution in [0, 0.1) is 10.1 Å². The van der Waals surface area contributed by atoms with Crippen LogP contribution in [0.15, 0.2) is 34.1 Å². The van der Waals surface area contributed by atoms with Gasteiger partial charge in [0.25, 0.3) is 0 Å². The van der Waals surface area contributed by atoms with Crippen LogP contribution >= 0.6 is 39.7 Å². The van der Waals surface area contributed by atoms with Gasteiger partial charge in [-0.05, 0) is 17.5 Å². The average molecular weight is 366 g/mol. The number of phenols is 1. The molecular formula is C11H10BrClN2O3S. The Morgan fingerprint density at radius 2 is 2.16 bits per heavy atom. The smallest absolute Gasteiger partial charge is 0.312 e. The van der Waals surface area contributed by atoms with Crippen LogP contribution in [-0.4, -0.2) is 10.0 Å². The number of nitro benzene ring substituents is 1. The van der Waals surface area contributed by atoms with Gasteiger partial charge in [0.1, 0.15) is 0 Å². The van der Waals surface area contributed by atoms with Gasteiger partial charge in [0, 0.05) is 21.0 Å². The minimum absolute atomic E-state index is 0. The highest BCUT2D eigenvalue weighted by molar-refractivity contribution is 9.10. The summed E-state index contributed by atoms with van der Waals surface area (Å²) in [6.45, 7) is 0. The molecule has 19 heavy (non-hydrogen) atoms. The molecule has 0 radical (unpaired) electrons. The highest BCUT2D eigenvalue weighted by atomic mass is 79.9. The number of phenolic OH excluding ortho intramolecular Hbond substituents is 1. The molecule has 1 atom stereocenters. The van der Waals surface area contributed by atoms with Crippen LogP contribution in [0.1, 0.15) is 16.5 Å². The van der Waals surface area contributed by atoms with Crippen LogP contribution in [0.25, 0.3) is 0 Å². The van der Waals surface area contributed by atoms with Gasteiger partial charge in [-0.3, -0.25) is 10.1 Å². The third-order valence-corrected chi connectivity index (χ3v) is 3.88. The van der Waals surface area contributed by atoms with Crippen molar-refractivity contribution in [2.45, 2.75) is 6.04 Å². The molecule has 0 amide bonds. The normalized spacial score (nSPS) is 11.7. The number of halogens is 2. The number of thiophene rings is 1. The summed E-state index contributed by atoms with van der Waals surface area (Å²) in [4.78, 5) is 11.0. The van der Waals surface area contributed by atoms with Crippen molar-refractivity contribution in [1.82, 2.24) is 0 Å². The van der Waals surface area contributed by atoms with Crippen molar-refractivity contribution in [3.63, 3.8) is 0 Å². The van der Waals surface area contributed by atoms with Gasteiger partial charge in [-0.2, -0.15) is 0 Å². The standard InChI is InChI=1S/C11H9BrN2O3S.ClH/c12-6-4-7(10(13)9-2-1-3-18-9)11(15)8(5-6)14(16)17;/h1-5,10,15H,13H2;1H/t10-;/m1./s1. The summed E-state index contributed by atoms with van der Waals surface area (Å²) in [6.07, 6.45) is 0. The summed E-state index contributed by atoms with van der Waals surface area (Å²) in [7, 11) is 0. The lowest BCUT2D eigenvalue weighted by Gasteiger charge is -2.12. The maximum atomic E-state index is 10.8. The van der Waals surface area contributed by atoms with E-state index in [0.29, 0.717) is 10.0 Å². The topological polar surface area (TPSA) is 89.4 Å². The van der Waals surface area contributed by atoms with Crippen LogP contribution in [0.3, 0.4) is 0 Å². The number of nitrogens with two attached hydrogens (primary N) is 1. The number of hydrogen-bond donors (Lipinski definition) is 2. The van der Waals surface area contributed by atoms with Gasteiger partial charge in [-0.15, -0.1) is 23.7 Å². The second kappa shape index (κ2) is 6.33. The number of rotatable bonds is 3. The maximum Gasteiger partial charge on any atom is 0.312 e. The largest absolute Gasteiger partial charge is 0.502 e. The van der Waals surface area contributed by atoms with Gasteiger partial charge in [0.15, 0.2) is 5.75 Å². The fourth-order valence-electron chi connectivity index (χ4n) is 1.60. The minimum Gasteiger partial charge on any atom is -0.502 e. The Bertz CT molecular complexity index is 592. The summed E-state index contributed by atoms with van der Waals surface area (Å²) in [5.41, 5.74) is 5.98. The van der Waals surface area contributed by atoms with E-state index in [-0.39, 0.29) is 23.8 Å². The average Bonchev–Trinajstić information content (AvgIpc) is 2.84. The molecule has 0 unspecified atom stereocenters. The Labute approximate surface area is 127 Å². The highest BCUT2D eigenvalue weighted by Gasteiger charge is 2.23. The van der Waals surface area contributed by atoms with E-state index in [4.69, 9.17) is 5.73 Å². The van der Waals surface area contributed by atoms with Gasteiger partial charge in [-0.25, -0.2) is 0 Å². The molecule has 1 heterocycles. The fraction of sp³-hybridized carbons (Fsp3) is 0.0909. The zero-order chi connectivity index (χ0) is 13.3. The van der Waals surface area contributed by atoms with Gasteiger partial charge in [0.2, 0.25) is 0 Å². The van der Waals surface area contributed by atoms with Crippen LogP contribution in [0.2, 0.25) is 0 Å². The molecule has 0 spiro atoms. The van der Waals surface area contributed by atoms with E-state index in [1.807, 2.05) is 17.5 Å². The Hall–Kier alpha value is -1.15. The van der Waals surface area contributed by atoms with Gasteiger partial charge < -0.3 is 10.8 Å². The first-order valence-corrected chi connectivity index (χ1v) is 6.63. The molecule has 0 saturated carbocycles. The number of benzene rings is 1. The van der Waals surface area contributed by atoms with Crippen LogP contribution < -0.4 is 5.73 Å². The molecule has 2 rings (SSSR count). The van der Waals surface area contributed by atoms with Gasteiger partial charge >= 0.3 is 5.69 Å². The van der Waals surface area contributed by atoms with Crippen molar-refractivity contribution in [3.8, 4) is 5.75 Å². The summed E-state index contributed by atoms with van der Waals surface area (Å²) in [6, 6.07) is 5.92. The van der Waals surface area contributed by atoms with Gasteiger partial charge in [-0.1, -0.05) is 22.0 Å². The first-order valence-electron chi connectivity index (χ1n) is 4.96. The molecule has 3 N–H and O–H groups in total. The molecule has 102 valence electrons. The van der Waals surface area contributed by atoms with Crippen molar-refractivity contribution in [2.75, 3.05) is 0 Å². The van der Waals surface area contributed by atoms with E-state index in [0.717, 1.165) is 4.88 Å². The first kappa shape index (κ1) is 15.9. The van der Waals surface area contributed by atoms with Crippen molar-refractivity contribution < 1.29 is 10.0 Å². The third-order valence-electron chi connectivity index (χ3n) is 2.47. The Morgan fingerprint density at radius 3 is 2.68 bits per heavy atom. The Balaban J connectivity index is 0.00000180. The fourth-order valence-corrected chi connectivity index (χ4v) is 2.81. The van der Waals surface area contributed by atoms with Crippen LogP contribution in [-0.2, 0) is 0 Å². The van der Waals surface area contributed by atoms with Crippen molar-refractivity contribution in [3.05, 3.63) is 54.7 Å². The second-order valence-corrected chi connectivity index (χ2v) is 5.51. The minimum atomic E-state index is -0.634. The van der Waals surface area contributed by atoms with E-state index in [9.17, 15) is 15.2 Å². The molecule has 0 aliphatic rings. The molecule has 0 bridgehead atoms. The number of hydrogen-bond acceptors (Lipinski definition) is 5. The lowest BCUT2D eigenvalue weighted by atomic mass is 10.0. The first-order chi connectivity index (χ1) is 8.50. The number of aromatic hydroxyl groups is 1. The van der Waals surface area contributed by atoms with Crippen molar-refractivity contribution in [2.24, 2.45) is 5.73 Å². The second-order valence-electron chi connectivity index (χ2n) is 3.61. The zero-order valence-corrected chi connectivity index (χ0v) is 12.7. The van der Waals surface area contributed by atoms with Gasteiger partial charge in [0.05, 0.1) is 11.0 Å². The van der Waals surface area contributed by atoms with Crippen molar-refractivity contribution >= 4 is 45.4 Å². The predicted octanol–water partition coefficient (Wildman–Crippen LogP) is 3.59. The SMILES string of the molecule is Cl.N[C@@H](c1cccs1)c1cc(Br)cc([N+](=O)[O-])c1O. The molecule has 8 heteroatoms. The summed E-state index contributed by atoms with van der Waals surface area (Å²) >= 11 is 4.61. The molecule has 1 aromatic carbocycles. The summed E-state index contributed by atoms with van der Waals surface area (Å²) in [5.74, 6) is -0.385. The molecule has 2 aromatic rings. The molecule has 0 aliphatic carbocycles. The summed E-state index contributed by atoms with van der Waals surface area (Å²) in [5, 5.41) is 22.6. The predicted molar refractivity (Wildman–Crippen MR) is 80.1 cm³/mol. The maximum absolute atomic E-state index is 10.8. The summed E-state index contributed by atoms with van der Waals surface area (Å²) < 4.78 is 0.508. The number of nitro groups is 1. The quantitative estimate of drug-likeness (QED) is 0.642. The molecule has 0 saturated heterocycles. The molecule has 0 fully saturated rings. The Kier molecular flexibility index (Phi) is 5.30. The Morgan fingerprint density at radius 1 is 1.47 bits per heavy atom. The molecule has 5 nitrogen and oxygen atoms in total. The van der Waals surface area contributed by atoms with Crippen LogP contribution in [0.5, 0.6) is 5.75 Å². The van der Waals surface area contributed by atoms with Crippen molar-refractivity contribution in [1.29, 1.82) is 0 Å². The monoisotopic (exact) mass is 364 g/mol. The molecular weight excluding hydrogens is 356 g/mol. The van der Waals surface area contributed by atoms with E-state index in [1.54, 1.807) is 6.07 Å². The van der Waals surface area contributed by atoms with E-state index in [2.05, 4.69) is 15.9 Å².